The standard InChI is InChI=1S/C22H21N5O2/c1-22(2)10-15-18(16(28)11-22)19(13-6-5-9-23-12-13)26-20(24-15)27-21-25-14-7-3-4-8-17(14)29-21/h3-9,12,19H,10-11H2,1-2H3,(H2,24,25,26,27)/t19-/m1/s1. The monoisotopic (exact) mass is 387 g/mol. The quantitative estimate of drug-likeness (QED) is 0.691. The fourth-order valence-corrected chi connectivity index (χ4v) is 4.00. The number of aromatic nitrogens is 2. The summed E-state index contributed by atoms with van der Waals surface area (Å²) in [5, 5.41) is 6.45. The van der Waals surface area contributed by atoms with Gasteiger partial charge in [0.1, 0.15) is 11.6 Å². The van der Waals surface area contributed by atoms with E-state index < -0.39 is 6.04 Å². The van der Waals surface area contributed by atoms with Gasteiger partial charge in [0, 0.05) is 30.1 Å². The van der Waals surface area contributed by atoms with E-state index in [1.165, 1.54) is 0 Å². The maximum atomic E-state index is 13.0. The fourth-order valence-electron chi connectivity index (χ4n) is 4.00. The fraction of sp³-hybridized carbons (Fsp3) is 0.273. The number of allylic oxidation sites excluding steroid dienone is 1. The molecular weight excluding hydrogens is 366 g/mol. The van der Waals surface area contributed by atoms with Crippen LogP contribution in [-0.4, -0.2) is 21.7 Å². The Bertz CT molecular complexity index is 1130. The first kappa shape index (κ1) is 17.6. The van der Waals surface area contributed by atoms with Crippen LogP contribution in [0.4, 0.5) is 6.01 Å². The largest absolute Gasteiger partial charge is 0.423 e. The highest BCUT2D eigenvalue weighted by Gasteiger charge is 2.39. The molecule has 3 heterocycles. The van der Waals surface area contributed by atoms with E-state index in [-0.39, 0.29) is 11.2 Å². The molecule has 146 valence electrons. The molecule has 0 saturated heterocycles. The van der Waals surface area contributed by atoms with Gasteiger partial charge >= 0.3 is 6.01 Å². The number of rotatable bonds is 2. The van der Waals surface area contributed by atoms with Crippen molar-refractivity contribution in [1.29, 1.82) is 0 Å². The van der Waals surface area contributed by atoms with Crippen LogP contribution in [0.15, 0.2) is 69.5 Å². The molecule has 29 heavy (non-hydrogen) atoms. The smallest absolute Gasteiger partial charge is 0.302 e. The molecule has 0 spiro atoms. The maximum absolute atomic E-state index is 13.0. The normalized spacial score (nSPS) is 20.8. The Morgan fingerprint density at radius 2 is 2.03 bits per heavy atom. The van der Waals surface area contributed by atoms with Crippen LogP contribution in [-0.2, 0) is 4.79 Å². The molecule has 0 fully saturated rings. The minimum Gasteiger partial charge on any atom is -0.423 e. The number of benzene rings is 1. The van der Waals surface area contributed by atoms with Crippen molar-refractivity contribution in [3.05, 3.63) is 65.6 Å². The van der Waals surface area contributed by atoms with Gasteiger partial charge in [0.15, 0.2) is 11.4 Å². The van der Waals surface area contributed by atoms with Gasteiger partial charge in [0.05, 0.1) is 0 Å². The average molecular weight is 387 g/mol. The number of anilines is 1. The second-order valence-corrected chi connectivity index (χ2v) is 8.24. The molecule has 1 aliphatic carbocycles. The number of carbonyl (C=O) groups is 1. The summed E-state index contributed by atoms with van der Waals surface area (Å²) >= 11 is 0. The molecule has 1 aromatic carbocycles. The van der Waals surface area contributed by atoms with Crippen molar-refractivity contribution in [1.82, 2.24) is 15.3 Å². The zero-order valence-corrected chi connectivity index (χ0v) is 16.3. The van der Waals surface area contributed by atoms with Gasteiger partial charge in [0.25, 0.3) is 0 Å². The Hall–Kier alpha value is -3.48. The van der Waals surface area contributed by atoms with Crippen molar-refractivity contribution in [3.8, 4) is 0 Å². The summed E-state index contributed by atoms with van der Waals surface area (Å²) in [4.78, 5) is 26.4. The van der Waals surface area contributed by atoms with Gasteiger partial charge in [-0.2, -0.15) is 4.98 Å². The van der Waals surface area contributed by atoms with Crippen LogP contribution in [0, 0.1) is 5.41 Å². The first-order chi connectivity index (χ1) is 14.0. The SMILES string of the molecule is CC1(C)CC(=O)C2=C(C1)NC(Nc1nc3ccccc3o1)=N[C@@H]2c1cccnc1. The van der Waals surface area contributed by atoms with Crippen LogP contribution in [0.25, 0.3) is 11.1 Å². The number of ketones is 1. The predicted octanol–water partition coefficient (Wildman–Crippen LogP) is 3.98. The summed E-state index contributed by atoms with van der Waals surface area (Å²) < 4.78 is 5.77. The van der Waals surface area contributed by atoms with E-state index in [0.717, 1.165) is 28.8 Å². The lowest BCUT2D eigenvalue weighted by Gasteiger charge is -2.37. The summed E-state index contributed by atoms with van der Waals surface area (Å²) in [6.07, 6.45) is 4.74. The molecule has 2 aromatic heterocycles. The van der Waals surface area contributed by atoms with Gasteiger partial charge in [-0.1, -0.05) is 32.0 Å². The lowest BCUT2D eigenvalue weighted by molar-refractivity contribution is -0.118. The van der Waals surface area contributed by atoms with E-state index in [0.29, 0.717) is 24.0 Å². The number of guanidine groups is 1. The molecule has 0 bridgehead atoms. The van der Waals surface area contributed by atoms with Gasteiger partial charge in [-0.05, 0) is 35.6 Å². The molecule has 2 N–H and O–H groups in total. The van der Waals surface area contributed by atoms with Crippen molar-refractivity contribution in [2.75, 3.05) is 5.32 Å². The first-order valence-electron chi connectivity index (χ1n) is 9.62. The molecule has 0 saturated carbocycles. The molecule has 7 heteroatoms. The number of oxazole rings is 1. The van der Waals surface area contributed by atoms with E-state index in [1.807, 2.05) is 36.4 Å². The van der Waals surface area contributed by atoms with Crippen molar-refractivity contribution >= 4 is 28.9 Å². The zero-order chi connectivity index (χ0) is 20.0. The van der Waals surface area contributed by atoms with Crippen LogP contribution < -0.4 is 10.6 Å². The van der Waals surface area contributed by atoms with Crippen LogP contribution in [0.5, 0.6) is 0 Å². The molecule has 0 radical (unpaired) electrons. The number of hydrogen-bond acceptors (Lipinski definition) is 7. The Kier molecular flexibility index (Phi) is 3.97. The third-order valence-electron chi connectivity index (χ3n) is 5.24. The van der Waals surface area contributed by atoms with E-state index in [4.69, 9.17) is 9.41 Å². The highest BCUT2D eigenvalue weighted by atomic mass is 16.4. The summed E-state index contributed by atoms with van der Waals surface area (Å²) in [5.74, 6) is 0.636. The topological polar surface area (TPSA) is 92.4 Å². The van der Waals surface area contributed by atoms with Crippen molar-refractivity contribution in [3.63, 3.8) is 0 Å². The van der Waals surface area contributed by atoms with Crippen LogP contribution in [0.1, 0.15) is 38.3 Å². The third-order valence-corrected chi connectivity index (χ3v) is 5.24. The van der Waals surface area contributed by atoms with Gasteiger partial charge in [0.2, 0.25) is 5.96 Å². The molecule has 1 aliphatic heterocycles. The number of aliphatic imine (C=N–C) groups is 1. The van der Waals surface area contributed by atoms with Gasteiger partial charge < -0.3 is 9.73 Å². The van der Waals surface area contributed by atoms with E-state index >= 15 is 0 Å². The number of para-hydroxylation sites is 2. The number of Topliss-reactive ketones (excluding diaryl/α,β-unsaturated/α-hetero) is 1. The number of carbonyl (C=O) groups excluding carboxylic acids is 1. The summed E-state index contributed by atoms with van der Waals surface area (Å²) in [6.45, 7) is 4.21. The highest BCUT2D eigenvalue weighted by molar-refractivity contribution is 6.03. The summed E-state index contributed by atoms with van der Waals surface area (Å²) in [6, 6.07) is 11.3. The number of fused-ring (bicyclic) bond motifs is 1. The van der Waals surface area contributed by atoms with Gasteiger partial charge in [-0.3, -0.25) is 15.1 Å². The van der Waals surface area contributed by atoms with Crippen LogP contribution in [0.3, 0.4) is 0 Å². The number of nitrogens with zero attached hydrogens (tertiary/aromatic N) is 3. The highest BCUT2D eigenvalue weighted by Crippen LogP contribution is 2.42. The van der Waals surface area contributed by atoms with Crippen LogP contribution in [0.2, 0.25) is 0 Å². The Morgan fingerprint density at radius 1 is 1.17 bits per heavy atom. The second-order valence-electron chi connectivity index (χ2n) is 8.24. The number of nitrogens with one attached hydrogen (secondary N) is 2. The Morgan fingerprint density at radius 3 is 2.83 bits per heavy atom. The van der Waals surface area contributed by atoms with Gasteiger partial charge in [-0.25, -0.2) is 4.99 Å². The number of pyridine rings is 1. The Balaban J connectivity index is 1.54. The number of hydrogen-bond donors (Lipinski definition) is 2. The minimum atomic E-state index is -0.407. The van der Waals surface area contributed by atoms with E-state index in [1.54, 1.807) is 12.4 Å². The molecule has 0 unspecified atom stereocenters. The Labute approximate surface area is 168 Å². The second kappa shape index (κ2) is 6.55. The lowest BCUT2D eigenvalue weighted by Crippen LogP contribution is -2.41. The average Bonchev–Trinajstić information content (AvgIpc) is 3.09. The van der Waals surface area contributed by atoms with Gasteiger partial charge in [-0.15, -0.1) is 0 Å². The minimum absolute atomic E-state index is 0.109. The predicted molar refractivity (Wildman–Crippen MR) is 110 cm³/mol. The molecule has 1 atom stereocenters. The van der Waals surface area contributed by atoms with E-state index in [2.05, 4.69) is 34.4 Å². The van der Waals surface area contributed by atoms with Crippen molar-refractivity contribution in [2.24, 2.45) is 10.4 Å². The molecular formula is C22H21N5O2. The zero-order valence-electron chi connectivity index (χ0n) is 16.3. The van der Waals surface area contributed by atoms with Crippen LogP contribution >= 0.6 is 0 Å². The molecule has 3 aromatic rings. The molecule has 5 rings (SSSR count). The summed E-state index contributed by atoms with van der Waals surface area (Å²) in [5.41, 5.74) is 3.86. The molecule has 0 amide bonds. The summed E-state index contributed by atoms with van der Waals surface area (Å²) in [7, 11) is 0. The van der Waals surface area contributed by atoms with E-state index in [9.17, 15) is 4.79 Å². The first-order valence-corrected chi connectivity index (χ1v) is 9.62. The van der Waals surface area contributed by atoms with Crippen molar-refractivity contribution < 1.29 is 9.21 Å². The third kappa shape index (κ3) is 3.29. The lowest BCUT2D eigenvalue weighted by atomic mass is 9.73. The van der Waals surface area contributed by atoms with Crippen molar-refractivity contribution in [2.45, 2.75) is 32.7 Å². The molecule has 7 nitrogen and oxygen atoms in total. The maximum Gasteiger partial charge on any atom is 0.302 e. The molecule has 2 aliphatic rings.